The van der Waals surface area contributed by atoms with Gasteiger partial charge in [-0.05, 0) is 37.0 Å². The molecule has 0 bridgehead atoms. The Balaban J connectivity index is 1.91. The number of hydrogen-bond donors (Lipinski definition) is 5. The third kappa shape index (κ3) is 4.09. The average Bonchev–Trinajstić information content (AvgIpc) is 2.45. The van der Waals surface area contributed by atoms with Crippen LogP contribution in [0.5, 0.6) is 11.5 Å². The Kier molecular flexibility index (Phi) is 5.03. The molecule has 0 saturated heterocycles. The standard InChI is InChI=1S/C15H22N2O4/c16-10(7-9-5-6-13(19)14(20)8-9)15(21)17-11-3-1-2-4-12(11)18/h5-6,8,10-12,18-20H,1-4,7,16H2,(H,17,21)/t10-,11?,12?/m0/s1. The number of nitrogens with two attached hydrogens (primary N) is 1. The second-order valence-corrected chi connectivity index (χ2v) is 5.60. The van der Waals surface area contributed by atoms with Crippen LogP contribution in [-0.2, 0) is 11.2 Å². The van der Waals surface area contributed by atoms with E-state index in [2.05, 4.69) is 5.32 Å². The van der Waals surface area contributed by atoms with Crippen molar-refractivity contribution < 1.29 is 20.1 Å². The molecule has 1 saturated carbocycles. The molecule has 116 valence electrons. The Hall–Kier alpha value is -1.79. The second kappa shape index (κ2) is 6.78. The topological polar surface area (TPSA) is 116 Å². The van der Waals surface area contributed by atoms with Crippen LogP contribution in [-0.4, -0.2) is 39.4 Å². The predicted molar refractivity (Wildman–Crippen MR) is 77.9 cm³/mol. The van der Waals surface area contributed by atoms with Gasteiger partial charge in [0.05, 0.1) is 18.2 Å². The largest absolute Gasteiger partial charge is 0.504 e. The van der Waals surface area contributed by atoms with Crippen LogP contribution >= 0.6 is 0 Å². The van der Waals surface area contributed by atoms with E-state index in [0.717, 1.165) is 19.3 Å². The number of nitrogens with one attached hydrogen (secondary N) is 1. The van der Waals surface area contributed by atoms with Gasteiger partial charge in [-0.3, -0.25) is 4.79 Å². The lowest BCUT2D eigenvalue weighted by Gasteiger charge is -2.29. The fraction of sp³-hybridized carbons (Fsp3) is 0.533. The van der Waals surface area contributed by atoms with Gasteiger partial charge in [-0.2, -0.15) is 0 Å². The summed E-state index contributed by atoms with van der Waals surface area (Å²) in [7, 11) is 0. The first kappa shape index (κ1) is 15.6. The Labute approximate surface area is 123 Å². The maximum atomic E-state index is 12.1. The minimum Gasteiger partial charge on any atom is -0.504 e. The molecule has 0 radical (unpaired) electrons. The number of aliphatic hydroxyl groups is 1. The zero-order valence-corrected chi connectivity index (χ0v) is 11.8. The normalized spacial score (nSPS) is 23.5. The summed E-state index contributed by atoms with van der Waals surface area (Å²) < 4.78 is 0. The van der Waals surface area contributed by atoms with Crippen LogP contribution in [0.3, 0.4) is 0 Å². The lowest BCUT2D eigenvalue weighted by molar-refractivity contribution is -0.124. The van der Waals surface area contributed by atoms with E-state index >= 15 is 0 Å². The molecule has 1 aromatic rings. The molecule has 1 amide bonds. The number of aliphatic hydroxyl groups excluding tert-OH is 1. The molecule has 0 spiro atoms. The molecular formula is C15H22N2O4. The van der Waals surface area contributed by atoms with Crippen LogP contribution in [0.2, 0.25) is 0 Å². The molecule has 2 unspecified atom stereocenters. The maximum Gasteiger partial charge on any atom is 0.237 e. The Morgan fingerprint density at radius 2 is 2.00 bits per heavy atom. The molecule has 1 aliphatic rings. The molecule has 6 nitrogen and oxygen atoms in total. The van der Waals surface area contributed by atoms with Crippen LogP contribution in [0.15, 0.2) is 18.2 Å². The molecule has 21 heavy (non-hydrogen) atoms. The number of phenols is 2. The van der Waals surface area contributed by atoms with Gasteiger partial charge < -0.3 is 26.4 Å². The Bertz CT molecular complexity index is 506. The van der Waals surface area contributed by atoms with E-state index in [-0.39, 0.29) is 29.9 Å². The minimum absolute atomic E-state index is 0.206. The smallest absolute Gasteiger partial charge is 0.237 e. The van der Waals surface area contributed by atoms with E-state index in [4.69, 9.17) is 5.73 Å². The summed E-state index contributed by atoms with van der Waals surface area (Å²) >= 11 is 0. The summed E-state index contributed by atoms with van der Waals surface area (Å²) in [5.74, 6) is -0.751. The number of aromatic hydroxyl groups is 2. The number of benzene rings is 1. The SMILES string of the molecule is N[C@@H](Cc1ccc(O)c(O)c1)C(=O)NC1CCCCC1O. The average molecular weight is 294 g/mol. The highest BCUT2D eigenvalue weighted by molar-refractivity contribution is 5.82. The van der Waals surface area contributed by atoms with Crippen LogP contribution in [0.4, 0.5) is 0 Å². The van der Waals surface area contributed by atoms with Gasteiger partial charge in [-0.25, -0.2) is 0 Å². The summed E-state index contributed by atoms with van der Waals surface area (Å²) in [5.41, 5.74) is 6.53. The summed E-state index contributed by atoms with van der Waals surface area (Å²) in [6.07, 6.45) is 3.18. The zero-order chi connectivity index (χ0) is 15.4. The van der Waals surface area contributed by atoms with Crippen molar-refractivity contribution in [2.24, 2.45) is 5.73 Å². The van der Waals surface area contributed by atoms with E-state index in [9.17, 15) is 20.1 Å². The first-order valence-corrected chi connectivity index (χ1v) is 7.22. The summed E-state index contributed by atoms with van der Waals surface area (Å²) in [6, 6.07) is 3.36. The van der Waals surface area contributed by atoms with Crippen molar-refractivity contribution in [3.8, 4) is 11.5 Å². The van der Waals surface area contributed by atoms with Gasteiger partial charge in [-0.1, -0.05) is 18.9 Å². The highest BCUT2D eigenvalue weighted by Crippen LogP contribution is 2.25. The van der Waals surface area contributed by atoms with Gasteiger partial charge in [0.15, 0.2) is 11.5 Å². The summed E-state index contributed by atoms with van der Waals surface area (Å²) in [5, 5.41) is 31.3. The van der Waals surface area contributed by atoms with Crippen molar-refractivity contribution >= 4 is 5.91 Å². The van der Waals surface area contributed by atoms with Crippen LogP contribution in [0.25, 0.3) is 0 Å². The highest BCUT2D eigenvalue weighted by atomic mass is 16.3. The maximum absolute atomic E-state index is 12.1. The van der Waals surface area contributed by atoms with Crippen molar-refractivity contribution in [3.05, 3.63) is 23.8 Å². The number of carbonyl (C=O) groups excluding carboxylic acids is 1. The van der Waals surface area contributed by atoms with Crippen LogP contribution < -0.4 is 11.1 Å². The van der Waals surface area contributed by atoms with E-state index in [1.165, 1.54) is 12.1 Å². The number of phenolic OH excluding ortho intramolecular Hbond substituents is 2. The highest BCUT2D eigenvalue weighted by Gasteiger charge is 2.26. The van der Waals surface area contributed by atoms with Gasteiger partial charge in [0.2, 0.25) is 5.91 Å². The molecule has 2 rings (SSSR count). The minimum atomic E-state index is -0.761. The van der Waals surface area contributed by atoms with Crippen molar-refractivity contribution in [3.63, 3.8) is 0 Å². The Morgan fingerprint density at radius 1 is 1.29 bits per heavy atom. The second-order valence-electron chi connectivity index (χ2n) is 5.60. The molecule has 3 atom stereocenters. The number of rotatable bonds is 4. The van der Waals surface area contributed by atoms with Gasteiger partial charge in [0.25, 0.3) is 0 Å². The van der Waals surface area contributed by atoms with E-state index < -0.39 is 12.1 Å². The zero-order valence-electron chi connectivity index (χ0n) is 11.8. The number of carbonyl (C=O) groups is 1. The third-order valence-corrected chi connectivity index (χ3v) is 3.89. The van der Waals surface area contributed by atoms with Crippen LogP contribution in [0.1, 0.15) is 31.2 Å². The number of amides is 1. The van der Waals surface area contributed by atoms with E-state index in [1.54, 1.807) is 6.07 Å². The molecule has 1 aromatic carbocycles. The lowest BCUT2D eigenvalue weighted by Crippen LogP contribution is -2.51. The van der Waals surface area contributed by atoms with Gasteiger partial charge in [-0.15, -0.1) is 0 Å². The van der Waals surface area contributed by atoms with Crippen molar-refractivity contribution in [1.82, 2.24) is 5.32 Å². The molecule has 1 fully saturated rings. The summed E-state index contributed by atoms with van der Waals surface area (Å²) in [6.45, 7) is 0. The molecule has 0 aromatic heterocycles. The van der Waals surface area contributed by atoms with Gasteiger partial charge in [0.1, 0.15) is 0 Å². The molecule has 0 heterocycles. The fourth-order valence-corrected chi connectivity index (χ4v) is 2.61. The first-order chi connectivity index (χ1) is 9.97. The fourth-order valence-electron chi connectivity index (χ4n) is 2.61. The Morgan fingerprint density at radius 3 is 2.67 bits per heavy atom. The number of hydrogen-bond acceptors (Lipinski definition) is 5. The molecular weight excluding hydrogens is 272 g/mol. The van der Waals surface area contributed by atoms with Crippen molar-refractivity contribution in [2.45, 2.75) is 50.3 Å². The lowest BCUT2D eigenvalue weighted by atomic mass is 9.92. The molecule has 1 aliphatic carbocycles. The molecule has 0 aliphatic heterocycles. The third-order valence-electron chi connectivity index (χ3n) is 3.89. The van der Waals surface area contributed by atoms with E-state index in [1.807, 2.05) is 0 Å². The van der Waals surface area contributed by atoms with Crippen molar-refractivity contribution in [2.75, 3.05) is 0 Å². The van der Waals surface area contributed by atoms with E-state index in [0.29, 0.717) is 12.0 Å². The first-order valence-electron chi connectivity index (χ1n) is 7.22. The predicted octanol–water partition coefficient (Wildman–Crippen LogP) is 0.387. The monoisotopic (exact) mass is 294 g/mol. The van der Waals surface area contributed by atoms with Gasteiger partial charge >= 0.3 is 0 Å². The van der Waals surface area contributed by atoms with Gasteiger partial charge in [0, 0.05) is 0 Å². The molecule has 6 N–H and O–H groups in total. The quantitative estimate of drug-likeness (QED) is 0.515. The summed E-state index contributed by atoms with van der Waals surface area (Å²) in [4.78, 5) is 12.1. The van der Waals surface area contributed by atoms with Crippen molar-refractivity contribution in [1.29, 1.82) is 0 Å². The van der Waals surface area contributed by atoms with Crippen LogP contribution in [0, 0.1) is 0 Å². The molecule has 6 heteroatoms.